The first-order chi connectivity index (χ1) is 8.72. The molecule has 0 saturated heterocycles. The molecule has 2 unspecified atom stereocenters. The van der Waals surface area contributed by atoms with E-state index in [1.165, 1.54) is 5.56 Å². The van der Waals surface area contributed by atoms with Crippen molar-refractivity contribution in [2.75, 3.05) is 26.0 Å². The minimum Gasteiger partial charge on any atom is -0.383 e. The van der Waals surface area contributed by atoms with E-state index >= 15 is 0 Å². The number of rotatable bonds is 9. The Morgan fingerprint density at radius 2 is 2.11 bits per heavy atom. The minimum absolute atomic E-state index is 0.240. The lowest BCUT2D eigenvalue weighted by Crippen LogP contribution is -2.36. The van der Waals surface area contributed by atoms with Crippen molar-refractivity contribution < 1.29 is 13.5 Å². The molecular formula is C13H21NO3S. The van der Waals surface area contributed by atoms with Crippen molar-refractivity contribution in [1.82, 2.24) is 5.32 Å². The average Bonchev–Trinajstić information content (AvgIpc) is 2.36. The van der Waals surface area contributed by atoms with Gasteiger partial charge in [0.25, 0.3) is 0 Å². The van der Waals surface area contributed by atoms with Gasteiger partial charge in [-0.25, -0.2) is 4.21 Å². The monoisotopic (exact) mass is 271 g/mol. The van der Waals surface area contributed by atoms with Gasteiger partial charge in [-0.3, -0.25) is 0 Å². The highest BCUT2D eigenvalue weighted by atomic mass is 32.2. The van der Waals surface area contributed by atoms with E-state index in [0.29, 0.717) is 18.8 Å². The van der Waals surface area contributed by atoms with Crippen LogP contribution in [0.3, 0.4) is 0 Å². The second-order valence-corrected chi connectivity index (χ2v) is 5.23. The largest absolute Gasteiger partial charge is 0.383 e. The van der Waals surface area contributed by atoms with Crippen LogP contribution in [0.1, 0.15) is 12.0 Å². The minimum atomic E-state index is -1.69. The fourth-order valence-corrected chi connectivity index (χ4v) is 2.18. The Morgan fingerprint density at radius 3 is 2.72 bits per heavy atom. The number of nitrogens with one attached hydrogen (secondary N) is 1. The summed E-state index contributed by atoms with van der Waals surface area (Å²) in [6, 6.07) is 10.5. The number of hydrogen-bond donors (Lipinski definition) is 2. The maximum atomic E-state index is 10.5. The van der Waals surface area contributed by atoms with Gasteiger partial charge in [0.2, 0.25) is 0 Å². The first kappa shape index (κ1) is 15.3. The molecule has 0 saturated carbocycles. The van der Waals surface area contributed by atoms with Crippen LogP contribution in [0.15, 0.2) is 30.3 Å². The van der Waals surface area contributed by atoms with Crippen molar-refractivity contribution in [1.29, 1.82) is 0 Å². The summed E-state index contributed by atoms with van der Waals surface area (Å²) in [5.41, 5.74) is 1.26. The molecule has 0 amide bonds. The van der Waals surface area contributed by atoms with Crippen LogP contribution in [-0.2, 0) is 22.2 Å². The third-order valence-electron chi connectivity index (χ3n) is 2.62. The molecule has 0 aromatic heterocycles. The van der Waals surface area contributed by atoms with Crippen LogP contribution >= 0.6 is 0 Å². The maximum absolute atomic E-state index is 10.5. The quantitative estimate of drug-likeness (QED) is 0.527. The molecule has 2 N–H and O–H groups in total. The van der Waals surface area contributed by atoms with E-state index in [2.05, 4.69) is 17.4 Å². The molecule has 0 bridgehead atoms. The van der Waals surface area contributed by atoms with E-state index < -0.39 is 11.1 Å². The van der Waals surface area contributed by atoms with Crippen LogP contribution in [0.2, 0.25) is 0 Å². The predicted octanol–water partition coefficient (Wildman–Crippen LogP) is 1.45. The Balaban J connectivity index is 2.33. The molecule has 1 rings (SSSR count). The van der Waals surface area contributed by atoms with Gasteiger partial charge < -0.3 is 14.6 Å². The fraction of sp³-hybridized carbons (Fsp3) is 0.538. The van der Waals surface area contributed by atoms with E-state index in [4.69, 9.17) is 9.29 Å². The predicted molar refractivity (Wildman–Crippen MR) is 74.1 cm³/mol. The lowest BCUT2D eigenvalue weighted by Gasteiger charge is -2.17. The molecule has 2 atom stereocenters. The van der Waals surface area contributed by atoms with E-state index in [1.807, 2.05) is 18.2 Å². The molecule has 18 heavy (non-hydrogen) atoms. The topological polar surface area (TPSA) is 58.6 Å². The van der Waals surface area contributed by atoms with E-state index in [-0.39, 0.29) is 6.04 Å². The van der Waals surface area contributed by atoms with Gasteiger partial charge in [-0.05, 0) is 24.9 Å². The van der Waals surface area contributed by atoms with Gasteiger partial charge in [-0.1, -0.05) is 30.3 Å². The summed E-state index contributed by atoms with van der Waals surface area (Å²) in [4.78, 5) is 0. The van der Waals surface area contributed by atoms with Crippen molar-refractivity contribution in [2.45, 2.75) is 18.9 Å². The number of hydrogen-bond acceptors (Lipinski definition) is 3. The summed E-state index contributed by atoms with van der Waals surface area (Å²) in [6.07, 6.45) is 1.59. The van der Waals surface area contributed by atoms with Gasteiger partial charge in [-0.2, -0.15) is 0 Å². The maximum Gasteiger partial charge on any atom is 0.152 e. The molecule has 0 spiro atoms. The van der Waals surface area contributed by atoms with E-state index in [1.54, 1.807) is 7.11 Å². The molecule has 0 radical (unpaired) electrons. The van der Waals surface area contributed by atoms with Crippen molar-refractivity contribution >= 4 is 11.1 Å². The van der Waals surface area contributed by atoms with Crippen LogP contribution < -0.4 is 5.32 Å². The molecule has 4 nitrogen and oxygen atoms in total. The zero-order valence-electron chi connectivity index (χ0n) is 10.7. The van der Waals surface area contributed by atoms with Crippen LogP contribution in [0, 0.1) is 0 Å². The Kier molecular flexibility index (Phi) is 7.84. The Bertz CT molecular complexity index is 345. The van der Waals surface area contributed by atoms with Crippen LogP contribution in [0.4, 0.5) is 0 Å². The van der Waals surface area contributed by atoms with Crippen molar-refractivity contribution in [3.05, 3.63) is 35.9 Å². The molecule has 0 heterocycles. The van der Waals surface area contributed by atoms with Gasteiger partial charge in [-0.15, -0.1) is 0 Å². The van der Waals surface area contributed by atoms with Crippen LogP contribution in [0.25, 0.3) is 0 Å². The van der Waals surface area contributed by atoms with Crippen molar-refractivity contribution in [2.24, 2.45) is 0 Å². The molecule has 0 aliphatic rings. The molecule has 102 valence electrons. The third kappa shape index (κ3) is 6.86. The number of benzene rings is 1. The van der Waals surface area contributed by atoms with Gasteiger partial charge in [0.15, 0.2) is 11.1 Å². The molecule has 1 aromatic carbocycles. The second kappa shape index (κ2) is 9.22. The van der Waals surface area contributed by atoms with Gasteiger partial charge >= 0.3 is 0 Å². The molecular weight excluding hydrogens is 250 g/mol. The fourth-order valence-electron chi connectivity index (χ4n) is 1.79. The summed E-state index contributed by atoms with van der Waals surface area (Å²) < 4.78 is 24.4. The average molecular weight is 271 g/mol. The first-order valence-electron chi connectivity index (χ1n) is 6.06. The summed E-state index contributed by atoms with van der Waals surface area (Å²) >= 11 is -1.69. The lowest BCUT2D eigenvalue weighted by molar-refractivity contribution is 0.166. The SMILES string of the molecule is COCC(Cc1ccccc1)NCCCS(=O)O. The van der Waals surface area contributed by atoms with Crippen molar-refractivity contribution in [3.8, 4) is 0 Å². The van der Waals surface area contributed by atoms with E-state index in [9.17, 15) is 4.21 Å². The van der Waals surface area contributed by atoms with Crippen LogP contribution in [-0.4, -0.2) is 40.8 Å². The lowest BCUT2D eigenvalue weighted by atomic mass is 10.1. The molecule has 1 aromatic rings. The van der Waals surface area contributed by atoms with Crippen LogP contribution in [0.5, 0.6) is 0 Å². The van der Waals surface area contributed by atoms with Gasteiger partial charge in [0.05, 0.1) is 12.4 Å². The highest BCUT2D eigenvalue weighted by Gasteiger charge is 2.08. The highest BCUT2D eigenvalue weighted by molar-refractivity contribution is 7.79. The van der Waals surface area contributed by atoms with E-state index in [0.717, 1.165) is 13.0 Å². The van der Waals surface area contributed by atoms with Gasteiger partial charge in [0.1, 0.15) is 0 Å². The first-order valence-corrected chi connectivity index (χ1v) is 7.33. The Hall–Kier alpha value is -0.750. The molecule has 0 aliphatic carbocycles. The summed E-state index contributed by atoms with van der Waals surface area (Å²) in [6.45, 7) is 1.37. The Labute approximate surface area is 111 Å². The number of ether oxygens (including phenoxy) is 1. The van der Waals surface area contributed by atoms with Crippen molar-refractivity contribution in [3.63, 3.8) is 0 Å². The normalized spacial score (nSPS) is 14.3. The summed E-state index contributed by atoms with van der Waals surface area (Å²) in [5, 5.41) is 3.35. The summed E-state index contributed by atoms with van der Waals surface area (Å²) in [5.74, 6) is 0.317. The second-order valence-electron chi connectivity index (χ2n) is 4.18. The standard InChI is InChI=1S/C13H21NO3S/c1-17-11-13(14-8-5-9-18(15)16)10-12-6-3-2-4-7-12/h2-4,6-7,13-14H,5,8-11H2,1H3,(H,15,16). The highest BCUT2D eigenvalue weighted by Crippen LogP contribution is 2.03. The third-order valence-corrected chi connectivity index (χ3v) is 3.26. The number of methoxy groups -OCH3 is 1. The Morgan fingerprint density at radius 1 is 1.39 bits per heavy atom. The summed E-state index contributed by atoms with van der Waals surface area (Å²) in [7, 11) is 1.68. The zero-order chi connectivity index (χ0) is 13.2. The molecule has 0 fully saturated rings. The smallest absolute Gasteiger partial charge is 0.152 e. The van der Waals surface area contributed by atoms with Gasteiger partial charge in [0, 0.05) is 13.2 Å². The molecule has 5 heteroatoms. The molecule has 0 aliphatic heterocycles. The zero-order valence-corrected chi connectivity index (χ0v) is 11.5.